The predicted octanol–water partition coefficient (Wildman–Crippen LogP) is 11.2. The molecule has 0 saturated heterocycles. The third-order valence-corrected chi connectivity index (χ3v) is 9.63. The first kappa shape index (κ1) is 35.6. The fourth-order valence-corrected chi connectivity index (χ4v) is 6.91. The molecule has 282 valence electrons. The summed E-state index contributed by atoms with van der Waals surface area (Å²) in [6, 6.07) is 39.5. The number of ether oxygens (including phenoxy) is 1. The molecule has 8 rings (SSSR count). The zero-order valence-electron chi connectivity index (χ0n) is 34.9. The number of nitrogens with zero attached hydrogens (tertiary/aromatic N) is 5. The Morgan fingerprint density at radius 3 is 2.18 bits per heavy atom. The Hall–Kier alpha value is -5.06. The van der Waals surface area contributed by atoms with E-state index in [1.54, 1.807) is 12.3 Å². The SMILES string of the molecule is [2H]C([2H])(c1cccc(-[n+]2[c-]n(-c3[c-]c(Oc4[c-]c5c(cc4)c4ccccc4n5-c4cc(C(C)(C)C)ccn4)ccn3)c3cc(C(C)(C)C)ccc32)c1)C(C)(C)C.[Pt]. The molecule has 0 aliphatic heterocycles. The molecular weight excluding hydrogens is 858 g/mol. The molecule has 0 fully saturated rings. The minimum Gasteiger partial charge on any atom is -0.522 e. The van der Waals surface area contributed by atoms with Gasteiger partial charge in [-0.05, 0) is 81.3 Å². The van der Waals surface area contributed by atoms with Crippen molar-refractivity contribution >= 4 is 32.8 Å². The van der Waals surface area contributed by atoms with Crippen LogP contribution in [0.3, 0.4) is 0 Å². The second kappa shape index (κ2) is 14.2. The fraction of sp³-hybridized carbons (Fsp3) is 0.271. The third kappa shape index (κ3) is 7.62. The van der Waals surface area contributed by atoms with Gasteiger partial charge in [0, 0.05) is 41.3 Å². The zero-order chi connectivity index (χ0) is 39.8. The normalized spacial score (nSPS) is 13.2. The van der Waals surface area contributed by atoms with E-state index in [1.807, 2.05) is 72.5 Å². The second-order valence-corrected chi connectivity index (χ2v) is 17.1. The molecule has 4 heterocycles. The average molecular weight is 907 g/mol. The molecule has 0 N–H and O–H groups in total. The van der Waals surface area contributed by atoms with Crippen LogP contribution in [0.2, 0.25) is 0 Å². The quantitative estimate of drug-likeness (QED) is 0.123. The molecule has 8 aromatic rings. The van der Waals surface area contributed by atoms with Crippen molar-refractivity contribution in [1.82, 2.24) is 19.1 Å². The molecule has 0 saturated carbocycles. The van der Waals surface area contributed by atoms with Crippen molar-refractivity contribution in [3.05, 3.63) is 145 Å². The maximum absolute atomic E-state index is 8.96. The Kier molecular flexibility index (Phi) is 9.21. The minimum absolute atomic E-state index is 0. The van der Waals surface area contributed by atoms with Gasteiger partial charge in [-0.15, -0.1) is 17.5 Å². The van der Waals surface area contributed by atoms with E-state index in [1.165, 1.54) is 5.56 Å². The summed E-state index contributed by atoms with van der Waals surface area (Å²) in [6.45, 7) is 19.0. The zero-order valence-corrected chi connectivity index (χ0v) is 35.1. The molecule has 0 atom stereocenters. The Labute approximate surface area is 341 Å². The summed E-state index contributed by atoms with van der Waals surface area (Å²) in [5.74, 6) is 2.36. The molecule has 0 amide bonds. The van der Waals surface area contributed by atoms with E-state index in [2.05, 4.69) is 119 Å². The molecular formula is C48H47N5OPt-2. The van der Waals surface area contributed by atoms with Gasteiger partial charge in [0.05, 0.1) is 22.5 Å². The van der Waals surface area contributed by atoms with Gasteiger partial charge in [0.15, 0.2) is 0 Å². The van der Waals surface area contributed by atoms with E-state index < -0.39 is 11.8 Å². The number of rotatable bonds is 6. The fourth-order valence-electron chi connectivity index (χ4n) is 6.91. The number of para-hydroxylation sites is 1. The largest absolute Gasteiger partial charge is 0.522 e. The number of hydrogen-bond acceptors (Lipinski definition) is 3. The molecule has 0 radical (unpaired) electrons. The van der Waals surface area contributed by atoms with Crippen molar-refractivity contribution in [1.29, 1.82) is 0 Å². The summed E-state index contributed by atoms with van der Waals surface area (Å²) in [7, 11) is 0. The van der Waals surface area contributed by atoms with Crippen LogP contribution in [-0.2, 0) is 38.3 Å². The molecule has 6 nitrogen and oxygen atoms in total. The number of benzene rings is 4. The van der Waals surface area contributed by atoms with E-state index in [0.29, 0.717) is 22.9 Å². The summed E-state index contributed by atoms with van der Waals surface area (Å²) < 4.78 is 30.5. The first-order chi connectivity index (χ1) is 26.4. The van der Waals surface area contributed by atoms with E-state index in [4.69, 9.17) is 17.4 Å². The first-order valence-electron chi connectivity index (χ1n) is 19.5. The molecule has 0 aliphatic carbocycles. The molecule has 55 heavy (non-hydrogen) atoms. The molecule has 0 spiro atoms. The van der Waals surface area contributed by atoms with E-state index in [0.717, 1.165) is 49.9 Å². The van der Waals surface area contributed by atoms with E-state index in [-0.39, 0.29) is 31.9 Å². The van der Waals surface area contributed by atoms with Crippen LogP contribution in [0.25, 0.3) is 50.2 Å². The summed E-state index contributed by atoms with van der Waals surface area (Å²) in [4.78, 5) is 9.56. The van der Waals surface area contributed by atoms with Crippen LogP contribution in [0.15, 0.2) is 109 Å². The first-order valence-corrected chi connectivity index (χ1v) is 18.5. The van der Waals surface area contributed by atoms with Gasteiger partial charge in [-0.25, -0.2) is 4.98 Å². The number of fused-ring (bicyclic) bond motifs is 4. The van der Waals surface area contributed by atoms with E-state index in [9.17, 15) is 0 Å². The smallest absolute Gasteiger partial charge is 0.269 e. The van der Waals surface area contributed by atoms with Crippen LogP contribution in [0.4, 0.5) is 0 Å². The number of pyridine rings is 2. The molecule has 0 aliphatic rings. The topological polar surface area (TPSA) is 48.8 Å². The molecule has 0 bridgehead atoms. The summed E-state index contributed by atoms with van der Waals surface area (Å²) >= 11 is 0. The minimum atomic E-state index is -1.55. The second-order valence-electron chi connectivity index (χ2n) is 17.1. The van der Waals surface area contributed by atoms with Crippen molar-refractivity contribution in [3.63, 3.8) is 0 Å². The summed E-state index contributed by atoms with van der Waals surface area (Å²) in [6.07, 6.45) is 5.57. The molecule has 0 unspecified atom stereocenters. The van der Waals surface area contributed by atoms with Crippen molar-refractivity contribution in [2.24, 2.45) is 5.41 Å². The maximum Gasteiger partial charge on any atom is 0.269 e. The van der Waals surface area contributed by atoms with Crippen LogP contribution in [0, 0.1) is 23.9 Å². The van der Waals surface area contributed by atoms with Gasteiger partial charge in [-0.2, -0.15) is 18.2 Å². The van der Waals surface area contributed by atoms with Gasteiger partial charge < -0.3 is 9.30 Å². The van der Waals surface area contributed by atoms with Crippen molar-refractivity contribution in [2.45, 2.75) is 79.5 Å². The van der Waals surface area contributed by atoms with Crippen LogP contribution >= 0.6 is 0 Å². The summed E-state index contributed by atoms with van der Waals surface area (Å²) in [5, 5.41) is 2.17. The average Bonchev–Trinajstić information content (AvgIpc) is 3.70. The van der Waals surface area contributed by atoms with Gasteiger partial charge in [0.2, 0.25) is 0 Å². The van der Waals surface area contributed by atoms with Crippen molar-refractivity contribution in [2.75, 3.05) is 0 Å². The Bertz CT molecular complexity index is 2780. The molecule has 4 aromatic heterocycles. The number of imidazole rings is 1. The van der Waals surface area contributed by atoms with Crippen molar-refractivity contribution in [3.8, 4) is 28.8 Å². The number of hydrogen-bond donors (Lipinski definition) is 0. The van der Waals surface area contributed by atoms with Gasteiger partial charge in [-0.3, -0.25) is 14.1 Å². The standard InChI is InChI=1S/C48H47N5O.Pt/c1-46(2,3)30-32-13-12-14-35(25-32)51-31-52(43-26-33(47(4,5)6)17-20-41(43)51)44-29-37(22-24-49-44)54-36-18-19-39-38-15-10-11-16-40(38)53(42(39)28-36)45-27-34(21-23-50-45)48(7,8)9;/h10-27H,30H2,1-9H3;/q-2;/i30D2;. The van der Waals surface area contributed by atoms with Crippen LogP contribution < -0.4 is 9.30 Å². The molecule has 4 aromatic carbocycles. The van der Waals surface area contributed by atoms with Gasteiger partial charge in [0.25, 0.3) is 6.33 Å². The maximum atomic E-state index is 8.96. The Morgan fingerprint density at radius 1 is 0.691 bits per heavy atom. The van der Waals surface area contributed by atoms with Gasteiger partial charge >= 0.3 is 0 Å². The Morgan fingerprint density at radius 2 is 1.42 bits per heavy atom. The van der Waals surface area contributed by atoms with E-state index >= 15 is 0 Å². The van der Waals surface area contributed by atoms with Crippen LogP contribution in [-0.4, -0.2) is 19.1 Å². The van der Waals surface area contributed by atoms with Crippen molar-refractivity contribution < 1.29 is 33.1 Å². The Balaban J connectivity index is 0.00000496. The van der Waals surface area contributed by atoms with Crippen LogP contribution in [0.5, 0.6) is 11.5 Å². The van der Waals surface area contributed by atoms with Crippen LogP contribution in [0.1, 0.15) is 81.7 Å². The summed E-state index contributed by atoms with van der Waals surface area (Å²) in [5.41, 5.74) is 6.76. The monoisotopic (exact) mass is 906 g/mol. The number of aromatic nitrogens is 5. The molecule has 7 heteroatoms. The van der Waals surface area contributed by atoms with Gasteiger partial charge in [0.1, 0.15) is 5.82 Å². The third-order valence-electron chi connectivity index (χ3n) is 9.63. The predicted molar refractivity (Wildman–Crippen MR) is 218 cm³/mol. The van der Waals surface area contributed by atoms with Gasteiger partial charge in [-0.1, -0.05) is 122 Å².